The van der Waals surface area contributed by atoms with Gasteiger partial charge in [0.2, 0.25) is 0 Å². The smallest absolute Gasteiger partial charge is 0.310 e. The van der Waals surface area contributed by atoms with Crippen LogP contribution in [0, 0.1) is 6.92 Å². The molecule has 1 atom stereocenters. The van der Waals surface area contributed by atoms with Gasteiger partial charge in [0.1, 0.15) is 30.8 Å². The molecule has 0 bridgehead atoms. The first-order valence-electron chi connectivity index (χ1n) is 14.1. The second-order valence-electron chi connectivity index (χ2n) is 10.6. The highest BCUT2D eigenvalue weighted by Gasteiger charge is 2.25. The quantitative estimate of drug-likeness (QED) is 0.183. The Morgan fingerprint density at radius 1 is 0.953 bits per heavy atom. The molecule has 0 N–H and O–H groups in total. The minimum Gasteiger partial charge on any atom is -0.488 e. The van der Waals surface area contributed by atoms with Gasteiger partial charge >= 0.3 is 5.97 Å². The van der Waals surface area contributed by atoms with Crippen molar-refractivity contribution in [2.45, 2.75) is 26.1 Å². The molecule has 0 unspecified atom stereocenters. The molecule has 1 aromatic heterocycles. The van der Waals surface area contributed by atoms with Crippen molar-refractivity contribution in [2.75, 3.05) is 25.1 Å². The first-order valence-corrected chi connectivity index (χ1v) is 14.5. The van der Waals surface area contributed by atoms with Crippen molar-refractivity contribution >= 4 is 40.1 Å². The number of carbonyl (C=O) groups is 2. The SMILES string of the molecule is Cc1c(CC(=O)OCc2ccccc2)c2ccccc2n1C(=O)c1ccc(OC[C@@H]2CN(C)c3ccccc3O2)c(Cl)c1. The van der Waals surface area contributed by atoms with Gasteiger partial charge in [0.05, 0.1) is 29.2 Å². The lowest BCUT2D eigenvalue weighted by molar-refractivity contribution is -0.144. The number of nitrogens with zero attached hydrogens (tertiary/aromatic N) is 2. The van der Waals surface area contributed by atoms with Crippen LogP contribution in [0.5, 0.6) is 11.5 Å². The van der Waals surface area contributed by atoms with Crippen LogP contribution in [0.2, 0.25) is 5.02 Å². The van der Waals surface area contributed by atoms with Gasteiger partial charge in [-0.25, -0.2) is 0 Å². The third kappa shape index (κ3) is 5.94. The topological polar surface area (TPSA) is 70.0 Å². The van der Waals surface area contributed by atoms with Gasteiger partial charge in [0.25, 0.3) is 5.91 Å². The molecule has 2 heterocycles. The molecule has 0 aliphatic carbocycles. The number of esters is 1. The molecule has 0 saturated carbocycles. The van der Waals surface area contributed by atoms with E-state index in [0.29, 0.717) is 40.7 Å². The average Bonchev–Trinajstić information content (AvgIpc) is 3.30. The number of hydrogen-bond donors (Lipinski definition) is 0. The largest absolute Gasteiger partial charge is 0.488 e. The van der Waals surface area contributed by atoms with Crippen LogP contribution in [0.4, 0.5) is 5.69 Å². The fourth-order valence-electron chi connectivity index (χ4n) is 5.49. The molecule has 6 rings (SSSR count). The molecule has 0 radical (unpaired) electrons. The van der Waals surface area contributed by atoms with Crippen LogP contribution in [0.1, 0.15) is 27.2 Å². The molecule has 5 aromatic rings. The molecule has 0 fully saturated rings. The Morgan fingerprint density at radius 2 is 1.70 bits per heavy atom. The van der Waals surface area contributed by atoms with E-state index in [2.05, 4.69) is 4.90 Å². The molecule has 7 nitrogen and oxygen atoms in total. The third-order valence-corrected chi connectivity index (χ3v) is 7.96. The molecular weight excluding hydrogens is 564 g/mol. The minimum absolute atomic E-state index is 0.0515. The number of benzene rings is 4. The van der Waals surface area contributed by atoms with Crippen molar-refractivity contribution < 1.29 is 23.8 Å². The van der Waals surface area contributed by atoms with Crippen molar-refractivity contribution in [3.05, 3.63) is 124 Å². The number of carbonyl (C=O) groups excluding carboxylic acids is 2. The molecule has 0 amide bonds. The number of likely N-dealkylation sites (N-methyl/N-ethyl adjacent to an activating group) is 1. The molecular formula is C35H31ClN2O5. The maximum atomic E-state index is 13.8. The van der Waals surface area contributed by atoms with E-state index in [4.69, 9.17) is 25.8 Å². The molecule has 8 heteroatoms. The van der Waals surface area contributed by atoms with Crippen molar-refractivity contribution in [3.63, 3.8) is 0 Å². The highest BCUT2D eigenvalue weighted by atomic mass is 35.5. The van der Waals surface area contributed by atoms with Gasteiger partial charge in [-0.3, -0.25) is 14.2 Å². The van der Waals surface area contributed by atoms with Gasteiger partial charge in [0.15, 0.2) is 0 Å². The fraction of sp³-hybridized carbons (Fsp3) is 0.200. The molecule has 4 aromatic carbocycles. The van der Waals surface area contributed by atoms with Crippen LogP contribution in [-0.4, -0.2) is 42.7 Å². The average molecular weight is 595 g/mol. The lowest BCUT2D eigenvalue weighted by Gasteiger charge is -2.33. The lowest BCUT2D eigenvalue weighted by atomic mass is 10.1. The van der Waals surface area contributed by atoms with E-state index >= 15 is 0 Å². The summed E-state index contributed by atoms with van der Waals surface area (Å²) in [5.74, 6) is 0.678. The second-order valence-corrected chi connectivity index (χ2v) is 11.0. The number of fused-ring (bicyclic) bond motifs is 2. The highest BCUT2D eigenvalue weighted by molar-refractivity contribution is 6.32. The summed E-state index contributed by atoms with van der Waals surface area (Å²) >= 11 is 6.61. The Morgan fingerprint density at radius 3 is 2.51 bits per heavy atom. The Labute approximate surface area is 255 Å². The number of para-hydroxylation sites is 3. The van der Waals surface area contributed by atoms with E-state index in [-0.39, 0.29) is 31.0 Å². The standard InChI is InChI=1S/C35H31ClN2O5/c1-23-28(19-34(39)42-21-24-10-4-3-5-11-24)27-12-6-7-13-30(27)38(23)35(40)25-16-17-32(29(36)18-25)41-22-26-20-37(2)31-14-8-9-15-33(31)43-26/h3-18,26H,19-22H2,1-2H3/t26-/m0/s1. The fourth-order valence-corrected chi connectivity index (χ4v) is 5.73. The van der Waals surface area contributed by atoms with Crippen LogP contribution < -0.4 is 14.4 Å². The lowest BCUT2D eigenvalue weighted by Crippen LogP contribution is -2.41. The minimum atomic E-state index is -0.358. The first-order chi connectivity index (χ1) is 20.9. The molecule has 218 valence electrons. The summed E-state index contributed by atoms with van der Waals surface area (Å²) in [6, 6.07) is 30.0. The molecule has 1 aliphatic rings. The van der Waals surface area contributed by atoms with Crippen molar-refractivity contribution in [3.8, 4) is 11.5 Å². The number of anilines is 1. The third-order valence-electron chi connectivity index (χ3n) is 7.66. The van der Waals surface area contributed by atoms with Crippen molar-refractivity contribution in [1.29, 1.82) is 0 Å². The normalized spacial score (nSPS) is 14.2. The van der Waals surface area contributed by atoms with Crippen molar-refractivity contribution in [2.24, 2.45) is 0 Å². The Balaban J connectivity index is 1.17. The van der Waals surface area contributed by atoms with Crippen LogP contribution in [0.15, 0.2) is 97.1 Å². The monoisotopic (exact) mass is 594 g/mol. The Kier molecular flexibility index (Phi) is 8.07. The number of aromatic nitrogens is 1. The van der Waals surface area contributed by atoms with Gasteiger partial charge in [0, 0.05) is 23.7 Å². The number of ether oxygens (including phenoxy) is 3. The Bertz CT molecular complexity index is 1800. The number of rotatable bonds is 8. The van der Waals surface area contributed by atoms with Crippen LogP contribution in [0.25, 0.3) is 10.9 Å². The predicted molar refractivity (Wildman–Crippen MR) is 167 cm³/mol. The zero-order chi connectivity index (χ0) is 29.9. The van der Waals surface area contributed by atoms with E-state index in [1.165, 1.54) is 0 Å². The van der Waals surface area contributed by atoms with E-state index in [1.54, 1.807) is 22.8 Å². The molecule has 0 spiro atoms. The second kappa shape index (κ2) is 12.2. The van der Waals surface area contributed by atoms with Gasteiger partial charge in [-0.05, 0) is 54.4 Å². The summed E-state index contributed by atoms with van der Waals surface area (Å²) in [5, 5.41) is 1.16. The summed E-state index contributed by atoms with van der Waals surface area (Å²) < 4.78 is 19.3. The summed E-state index contributed by atoms with van der Waals surface area (Å²) in [4.78, 5) is 28.8. The van der Waals surface area contributed by atoms with Crippen LogP contribution in [0.3, 0.4) is 0 Å². The molecule has 0 saturated heterocycles. The Hall–Kier alpha value is -4.75. The highest BCUT2D eigenvalue weighted by Crippen LogP contribution is 2.33. The molecule has 43 heavy (non-hydrogen) atoms. The van der Waals surface area contributed by atoms with Gasteiger partial charge in [-0.15, -0.1) is 0 Å². The maximum Gasteiger partial charge on any atom is 0.310 e. The summed E-state index contributed by atoms with van der Waals surface area (Å²) in [7, 11) is 2.02. The molecule has 1 aliphatic heterocycles. The van der Waals surface area contributed by atoms with Gasteiger partial charge < -0.3 is 19.1 Å². The van der Waals surface area contributed by atoms with Crippen LogP contribution >= 0.6 is 11.6 Å². The zero-order valence-electron chi connectivity index (χ0n) is 24.0. The van der Waals surface area contributed by atoms with E-state index in [0.717, 1.165) is 28.0 Å². The van der Waals surface area contributed by atoms with E-state index in [1.807, 2.05) is 92.8 Å². The van der Waals surface area contributed by atoms with Crippen LogP contribution in [-0.2, 0) is 22.6 Å². The number of halogens is 1. The summed E-state index contributed by atoms with van der Waals surface area (Å²) in [5.41, 5.74) is 4.51. The predicted octanol–water partition coefficient (Wildman–Crippen LogP) is 6.85. The number of hydrogen-bond acceptors (Lipinski definition) is 6. The van der Waals surface area contributed by atoms with Gasteiger partial charge in [-0.1, -0.05) is 72.3 Å². The summed E-state index contributed by atoms with van der Waals surface area (Å²) in [6.07, 6.45) is -0.125. The van der Waals surface area contributed by atoms with E-state index < -0.39 is 0 Å². The van der Waals surface area contributed by atoms with Gasteiger partial charge in [-0.2, -0.15) is 0 Å². The summed E-state index contributed by atoms with van der Waals surface area (Å²) in [6.45, 7) is 3.01. The maximum absolute atomic E-state index is 13.8. The van der Waals surface area contributed by atoms with Crippen molar-refractivity contribution in [1.82, 2.24) is 4.57 Å². The first kappa shape index (κ1) is 28.4. The zero-order valence-corrected chi connectivity index (χ0v) is 24.7. The van der Waals surface area contributed by atoms with E-state index in [9.17, 15) is 9.59 Å².